The number of carboxylic acids is 1. The second-order valence-electron chi connectivity index (χ2n) is 2.32. The van der Waals surface area contributed by atoms with Gasteiger partial charge in [-0.3, -0.25) is 4.79 Å². The molecule has 1 atom stereocenters. The van der Waals surface area contributed by atoms with Gasteiger partial charge in [-0.05, 0) is 0 Å². The highest BCUT2D eigenvalue weighted by Crippen LogP contribution is 2.33. The van der Waals surface area contributed by atoms with Crippen molar-refractivity contribution in [2.45, 2.75) is 12.1 Å². The third-order valence-electron chi connectivity index (χ3n) is 1.40. The Labute approximate surface area is 70.4 Å². The molecule has 0 saturated heterocycles. The van der Waals surface area contributed by atoms with E-state index >= 15 is 0 Å². The monoisotopic (exact) mass is 194 g/mol. The first-order chi connectivity index (χ1) is 5.93. The number of alkyl halides is 3. The Morgan fingerprint density at radius 1 is 1.62 bits per heavy atom. The molecule has 2 N–H and O–H groups in total. The lowest BCUT2D eigenvalue weighted by Crippen LogP contribution is -2.28. The van der Waals surface area contributed by atoms with Crippen molar-refractivity contribution in [3.05, 3.63) is 18.2 Å². The highest BCUT2D eigenvalue weighted by molar-refractivity contribution is 5.76. The molecular formula is C6H5F3N2O2. The van der Waals surface area contributed by atoms with Gasteiger partial charge in [0.05, 0.1) is 12.0 Å². The van der Waals surface area contributed by atoms with Crippen molar-refractivity contribution in [1.29, 1.82) is 0 Å². The number of hydrogen-bond acceptors (Lipinski definition) is 2. The molecule has 0 aliphatic carbocycles. The molecule has 0 saturated carbocycles. The summed E-state index contributed by atoms with van der Waals surface area (Å²) in [5, 5.41) is 8.31. The molecule has 7 heteroatoms. The van der Waals surface area contributed by atoms with E-state index in [-0.39, 0.29) is 0 Å². The van der Waals surface area contributed by atoms with Crippen LogP contribution in [0.2, 0.25) is 0 Å². The summed E-state index contributed by atoms with van der Waals surface area (Å²) in [7, 11) is 0. The zero-order valence-electron chi connectivity index (χ0n) is 6.17. The number of rotatable bonds is 2. The van der Waals surface area contributed by atoms with Crippen LogP contribution in [0.25, 0.3) is 0 Å². The number of imidazole rings is 1. The third kappa shape index (κ3) is 1.98. The zero-order valence-corrected chi connectivity index (χ0v) is 6.17. The van der Waals surface area contributed by atoms with E-state index in [1.165, 1.54) is 0 Å². The second-order valence-corrected chi connectivity index (χ2v) is 2.32. The first-order valence-corrected chi connectivity index (χ1v) is 3.20. The van der Waals surface area contributed by atoms with E-state index in [1.807, 2.05) is 0 Å². The van der Waals surface area contributed by atoms with Gasteiger partial charge in [0.15, 0.2) is 5.92 Å². The molecule has 0 aliphatic rings. The maximum atomic E-state index is 12.1. The van der Waals surface area contributed by atoms with Gasteiger partial charge in [-0.15, -0.1) is 0 Å². The molecule has 0 bridgehead atoms. The summed E-state index contributed by atoms with van der Waals surface area (Å²) in [6.07, 6.45) is -2.97. The Hall–Kier alpha value is -1.53. The van der Waals surface area contributed by atoms with Crippen molar-refractivity contribution in [2.75, 3.05) is 0 Å². The van der Waals surface area contributed by atoms with Crippen LogP contribution in [-0.4, -0.2) is 27.2 Å². The summed E-state index contributed by atoms with van der Waals surface area (Å²) < 4.78 is 36.3. The quantitative estimate of drug-likeness (QED) is 0.741. The van der Waals surface area contributed by atoms with Crippen molar-refractivity contribution >= 4 is 5.97 Å². The molecule has 4 nitrogen and oxygen atoms in total. The van der Waals surface area contributed by atoms with Crippen LogP contribution in [0.3, 0.4) is 0 Å². The number of aromatic nitrogens is 2. The summed E-state index contributed by atoms with van der Waals surface area (Å²) in [5.41, 5.74) is -0.472. The first kappa shape index (κ1) is 9.56. The van der Waals surface area contributed by atoms with Crippen LogP contribution in [0.5, 0.6) is 0 Å². The SMILES string of the molecule is O=C(O)C(c1cnc[nH]1)C(F)(F)F. The lowest BCUT2D eigenvalue weighted by Gasteiger charge is -2.13. The highest BCUT2D eigenvalue weighted by Gasteiger charge is 2.47. The minimum atomic E-state index is -4.81. The number of nitrogens with zero attached hydrogens (tertiary/aromatic N) is 1. The number of nitrogens with one attached hydrogen (secondary N) is 1. The molecule has 0 amide bonds. The lowest BCUT2D eigenvalue weighted by atomic mass is 10.1. The Bertz CT molecular complexity index is 293. The third-order valence-corrected chi connectivity index (χ3v) is 1.40. The number of H-pyrrole nitrogens is 1. The molecule has 0 aromatic carbocycles. The van der Waals surface area contributed by atoms with E-state index in [2.05, 4.69) is 9.97 Å². The summed E-state index contributed by atoms with van der Waals surface area (Å²) in [6.45, 7) is 0. The van der Waals surface area contributed by atoms with Crippen LogP contribution >= 0.6 is 0 Å². The van der Waals surface area contributed by atoms with E-state index in [4.69, 9.17) is 5.11 Å². The van der Waals surface area contributed by atoms with Crippen molar-refractivity contribution < 1.29 is 23.1 Å². The van der Waals surface area contributed by atoms with Gasteiger partial charge in [0.25, 0.3) is 0 Å². The minimum absolute atomic E-state index is 0.472. The largest absolute Gasteiger partial charge is 0.480 e. The fourth-order valence-corrected chi connectivity index (χ4v) is 0.874. The number of aliphatic carboxylic acids is 1. The molecule has 0 fully saturated rings. The number of carbonyl (C=O) groups is 1. The molecule has 1 aromatic rings. The predicted molar refractivity (Wildman–Crippen MR) is 35.0 cm³/mol. The average molecular weight is 194 g/mol. The summed E-state index contributed by atoms with van der Waals surface area (Å²) in [5.74, 6) is -4.48. The molecular weight excluding hydrogens is 189 g/mol. The molecule has 13 heavy (non-hydrogen) atoms. The van der Waals surface area contributed by atoms with Gasteiger partial charge in [-0.2, -0.15) is 13.2 Å². The van der Waals surface area contributed by atoms with E-state index in [0.717, 1.165) is 12.5 Å². The van der Waals surface area contributed by atoms with Gasteiger partial charge in [0, 0.05) is 6.20 Å². The van der Waals surface area contributed by atoms with Crippen molar-refractivity contribution in [3.8, 4) is 0 Å². The van der Waals surface area contributed by atoms with Crippen LogP contribution in [0.4, 0.5) is 13.2 Å². The Morgan fingerprint density at radius 2 is 2.23 bits per heavy atom. The number of hydrogen-bond donors (Lipinski definition) is 2. The molecule has 0 radical (unpaired) electrons. The fraction of sp³-hybridized carbons (Fsp3) is 0.333. The fourth-order valence-electron chi connectivity index (χ4n) is 0.874. The van der Waals surface area contributed by atoms with E-state index in [1.54, 1.807) is 0 Å². The second kappa shape index (κ2) is 3.08. The Morgan fingerprint density at radius 3 is 2.54 bits per heavy atom. The van der Waals surface area contributed by atoms with Crippen LogP contribution in [-0.2, 0) is 4.79 Å². The van der Waals surface area contributed by atoms with Crippen LogP contribution in [0, 0.1) is 0 Å². The van der Waals surface area contributed by atoms with Gasteiger partial charge in [0.1, 0.15) is 0 Å². The van der Waals surface area contributed by atoms with Gasteiger partial charge in [-0.25, -0.2) is 4.98 Å². The Balaban J connectivity index is 3.01. The van der Waals surface area contributed by atoms with Crippen LogP contribution in [0.15, 0.2) is 12.5 Å². The van der Waals surface area contributed by atoms with Gasteiger partial charge < -0.3 is 10.1 Å². The summed E-state index contributed by atoms with van der Waals surface area (Å²) in [6, 6.07) is 0. The molecule has 1 unspecified atom stereocenters. The topological polar surface area (TPSA) is 66.0 Å². The van der Waals surface area contributed by atoms with Crippen molar-refractivity contribution in [1.82, 2.24) is 9.97 Å². The molecule has 0 spiro atoms. The van der Waals surface area contributed by atoms with Crippen molar-refractivity contribution in [3.63, 3.8) is 0 Å². The number of halogens is 3. The smallest absolute Gasteiger partial charge is 0.407 e. The van der Waals surface area contributed by atoms with E-state index < -0.39 is 23.8 Å². The minimum Gasteiger partial charge on any atom is -0.480 e. The van der Waals surface area contributed by atoms with Gasteiger partial charge >= 0.3 is 12.1 Å². The molecule has 1 aromatic heterocycles. The standard InChI is InChI=1S/C6H5F3N2O2/c7-6(8,9)4(5(12)13)3-1-10-2-11-3/h1-2,4H,(H,10,11)(H,12,13). The molecule has 1 rings (SSSR count). The summed E-state index contributed by atoms with van der Waals surface area (Å²) in [4.78, 5) is 15.7. The van der Waals surface area contributed by atoms with Gasteiger partial charge in [-0.1, -0.05) is 0 Å². The maximum Gasteiger partial charge on any atom is 0.407 e. The highest BCUT2D eigenvalue weighted by atomic mass is 19.4. The molecule has 1 heterocycles. The lowest BCUT2D eigenvalue weighted by molar-refractivity contribution is -0.177. The molecule has 0 aliphatic heterocycles. The maximum absolute atomic E-state index is 12.1. The van der Waals surface area contributed by atoms with E-state index in [0.29, 0.717) is 0 Å². The van der Waals surface area contributed by atoms with Crippen LogP contribution < -0.4 is 0 Å². The number of carboxylic acid groups (broad SMARTS) is 1. The first-order valence-electron chi connectivity index (χ1n) is 3.20. The Kier molecular flexibility index (Phi) is 2.26. The van der Waals surface area contributed by atoms with E-state index in [9.17, 15) is 18.0 Å². The van der Waals surface area contributed by atoms with Crippen molar-refractivity contribution in [2.24, 2.45) is 0 Å². The zero-order chi connectivity index (χ0) is 10.1. The normalized spacial score (nSPS) is 14.1. The molecule has 72 valence electrons. The summed E-state index contributed by atoms with van der Waals surface area (Å²) >= 11 is 0. The van der Waals surface area contributed by atoms with Crippen LogP contribution in [0.1, 0.15) is 11.6 Å². The predicted octanol–water partition coefficient (Wildman–Crippen LogP) is 1.14. The van der Waals surface area contributed by atoms with Gasteiger partial charge in [0.2, 0.25) is 0 Å². The average Bonchev–Trinajstić information content (AvgIpc) is 2.34. The number of aromatic amines is 1.